The van der Waals surface area contributed by atoms with E-state index in [9.17, 15) is 14.7 Å². The van der Waals surface area contributed by atoms with E-state index in [-0.39, 0.29) is 30.4 Å². The molecular formula is C39H40N4O5S. The lowest BCUT2D eigenvalue weighted by Crippen LogP contribution is -2.49. The van der Waals surface area contributed by atoms with Crippen LogP contribution in [0.25, 0.3) is 10.6 Å². The number of hydrogen-bond donors (Lipinski definition) is 2. The Morgan fingerprint density at radius 2 is 1.78 bits per heavy atom. The third kappa shape index (κ3) is 8.17. The fourth-order valence-corrected chi connectivity index (χ4v) is 6.50. The summed E-state index contributed by atoms with van der Waals surface area (Å²) in [4.78, 5) is 35.6. The highest BCUT2D eigenvalue weighted by atomic mass is 32.1. The van der Waals surface area contributed by atoms with Gasteiger partial charge in [-0.2, -0.15) is 0 Å². The zero-order valence-corrected chi connectivity index (χ0v) is 28.6. The summed E-state index contributed by atoms with van der Waals surface area (Å²) < 4.78 is 12.7. The highest BCUT2D eigenvalue weighted by molar-refractivity contribution is 7.13. The summed E-state index contributed by atoms with van der Waals surface area (Å²) in [5.41, 5.74) is 3.26. The van der Waals surface area contributed by atoms with Crippen molar-refractivity contribution < 1.29 is 24.2 Å². The van der Waals surface area contributed by atoms with Crippen molar-refractivity contribution in [1.29, 1.82) is 0 Å². The van der Waals surface area contributed by atoms with Crippen LogP contribution in [0, 0.1) is 5.92 Å². The van der Waals surface area contributed by atoms with Gasteiger partial charge in [0.05, 0.1) is 23.9 Å². The number of para-hydroxylation sites is 2. The van der Waals surface area contributed by atoms with Crippen LogP contribution in [0.5, 0.6) is 17.2 Å². The van der Waals surface area contributed by atoms with Crippen molar-refractivity contribution in [3.8, 4) is 27.8 Å². The quantitative estimate of drug-likeness (QED) is 0.152. The van der Waals surface area contributed by atoms with Gasteiger partial charge in [-0.25, -0.2) is 4.98 Å². The number of nitrogens with zero attached hydrogens (tertiary/aromatic N) is 3. The first-order chi connectivity index (χ1) is 23.8. The highest BCUT2D eigenvalue weighted by Crippen LogP contribution is 2.35. The van der Waals surface area contributed by atoms with Crippen molar-refractivity contribution in [2.24, 2.45) is 5.92 Å². The molecule has 0 unspecified atom stereocenters. The zero-order valence-electron chi connectivity index (χ0n) is 27.8. The maximum Gasteiger partial charge on any atom is 0.258 e. The van der Waals surface area contributed by atoms with Gasteiger partial charge in [0.25, 0.3) is 11.8 Å². The number of anilines is 1. The van der Waals surface area contributed by atoms with Crippen molar-refractivity contribution in [1.82, 2.24) is 14.8 Å². The van der Waals surface area contributed by atoms with E-state index in [1.165, 1.54) is 11.3 Å². The van der Waals surface area contributed by atoms with Gasteiger partial charge in [-0.3, -0.25) is 14.5 Å². The first-order valence-electron chi connectivity index (χ1n) is 16.3. The average Bonchev–Trinajstić information content (AvgIpc) is 3.66. The van der Waals surface area contributed by atoms with Gasteiger partial charge < -0.3 is 24.8 Å². The molecule has 10 heteroatoms. The smallest absolute Gasteiger partial charge is 0.258 e. The molecule has 0 fully saturated rings. The SMILES string of the molecule is C[C@H]1CN([C@@H](C)CO)C(=O)c2cccc(NC(=O)c3ccc(-c4nccs4)cc3)c2O[C@@H]1CN(C)Cc1ccc(Oc2ccccc2)cc1. The lowest BCUT2D eigenvalue weighted by Gasteiger charge is -2.38. The fraction of sp³-hybridized carbons (Fsp3) is 0.256. The lowest BCUT2D eigenvalue weighted by molar-refractivity contribution is 0.0343. The highest BCUT2D eigenvalue weighted by Gasteiger charge is 2.34. The van der Waals surface area contributed by atoms with E-state index in [4.69, 9.17) is 9.47 Å². The molecule has 49 heavy (non-hydrogen) atoms. The number of likely N-dealkylation sites (N-methyl/N-ethyl adjacent to an activating group) is 1. The summed E-state index contributed by atoms with van der Waals surface area (Å²) in [6, 6.07) is 29.8. The molecule has 0 bridgehead atoms. The van der Waals surface area contributed by atoms with Crippen LogP contribution in [-0.4, -0.2) is 70.6 Å². The molecule has 3 atom stereocenters. The average molecular weight is 677 g/mol. The summed E-state index contributed by atoms with van der Waals surface area (Å²) >= 11 is 1.53. The number of rotatable bonds is 11. The minimum atomic E-state index is -0.398. The number of aromatic nitrogens is 1. The number of hydrogen-bond acceptors (Lipinski definition) is 8. The van der Waals surface area contributed by atoms with Gasteiger partial charge in [0, 0.05) is 48.3 Å². The maximum absolute atomic E-state index is 13.9. The normalized spacial score (nSPS) is 16.7. The van der Waals surface area contributed by atoms with Crippen LogP contribution in [0.15, 0.2) is 109 Å². The first-order valence-corrected chi connectivity index (χ1v) is 17.2. The van der Waals surface area contributed by atoms with Crippen LogP contribution >= 0.6 is 11.3 Å². The number of carbonyl (C=O) groups is 2. The van der Waals surface area contributed by atoms with Crippen LogP contribution in [0.1, 0.15) is 40.1 Å². The number of benzene rings is 4. The van der Waals surface area contributed by atoms with Gasteiger partial charge in [0.15, 0.2) is 5.75 Å². The number of aliphatic hydroxyl groups is 1. The van der Waals surface area contributed by atoms with Gasteiger partial charge in [-0.05, 0) is 68.1 Å². The number of amides is 2. The van der Waals surface area contributed by atoms with E-state index >= 15 is 0 Å². The van der Waals surface area contributed by atoms with Crippen molar-refractivity contribution in [3.63, 3.8) is 0 Å². The molecule has 6 rings (SSSR count). The predicted octanol–water partition coefficient (Wildman–Crippen LogP) is 7.21. The molecule has 9 nitrogen and oxygen atoms in total. The van der Waals surface area contributed by atoms with E-state index < -0.39 is 6.04 Å². The molecule has 0 radical (unpaired) electrons. The molecule has 2 heterocycles. The maximum atomic E-state index is 13.9. The molecule has 4 aromatic carbocycles. The Morgan fingerprint density at radius 3 is 2.47 bits per heavy atom. The molecule has 5 aromatic rings. The van der Waals surface area contributed by atoms with Crippen molar-refractivity contribution in [2.45, 2.75) is 32.5 Å². The minimum Gasteiger partial charge on any atom is -0.486 e. The molecule has 0 saturated carbocycles. The second kappa shape index (κ2) is 15.5. The Labute approximate surface area is 290 Å². The monoisotopic (exact) mass is 676 g/mol. The first kappa shape index (κ1) is 33.9. The summed E-state index contributed by atoms with van der Waals surface area (Å²) in [5, 5.41) is 15.8. The van der Waals surface area contributed by atoms with Crippen LogP contribution in [-0.2, 0) is 6.54 Å². The molecule has 2 amide bonds. The number of nitrogens with one attached hydrogen (secondary N) is 1. The number of thiazole rings is 1. The minimum absolute atomic E-state index is 0.0858. The van der Waals surface area contributed by atoms with Gasteiger partial charge in [0.1, 0.15) is 22.6 Å². The molecule has 1 aliphatic heterocycles. The molecule has 1 aromatic heterocycles. The topological polar surface area (TPSA) is 104 Å². The van der Waals surface area contributed by atoms with Gasteiger partial charge in [0.2, 0.25) is 0 Å². The Hall–Kier alpha value is -5.03. The van der Waals surface area contributed by atoms with E-state index in [1.54, 1.807) is 41.4 Å². The van der Waals surface area contributed by atoms with E-state index in [0.717, 1.165) is 27.6 Å². The Kier molecular flexibility index (Phi) is 10.7. The van der Waals surface area contributed by atoms with Gasteiger partial charge in [-0.1, -0.05) is 55.5 Å². The van der Waals surface area contributed by atoms with Crippen molar-refractivity contribution in [3.05, 3.63) is 125 Å². The zero-order chi connectivity index (χ0) is 34.3. The van der Waals surface area contributed by atoms with E-state index in [2.05, 4.69) is 22.1 Å². The van der Waals surface area contributed by atoms with Crippen LogP contribution in [0.3, 0.4) is 0 Å². The Balaban J connectivity index is 1.21. The number of aliphatic hydroxyl groups excluding tert-OH is 1. The largest absolute Gasteiger partial charge is 0.486 e. The lowest BCUT2D eigenvalue weighted by atomic mass is 9.98. The fourth-order valence-electron chi connectivity index (χ4n) is 5.86. The van der Waals surface area contributed by atoms with E-state index in [1.807, 2.05) is 86.1 Å². The summed E-state index contributed by atoms with van der Waals surface area (Å²) in [5.74, 6) is 1.21. The molecule has 252 valence electrons. The van der Waals surface area contributed by atoms with Gasteiger partial charge >= 0.3 is 0 Å². The molecule has 0 aliphatic carbocycles. The Bertz CT molecular complexity index is 1850. The summed E-state index contributed by atoms with van der Waals surface area (Å²) in [6.07, 6.45) is 1.42. The standard InChI is InChI=1S/C39H40N4O5S/c1-26-22-43(27(2)25-44)39(46)33-10-7-11-34(41-37(45)29-14-16-30(17-15-29)38-40-20-21-49-38)36(33)48-35(26)24-42(3)23-28-12-18-32(19-13-28)47-31-8-5-4-6-9-31/h4-21,26-27,35,44H,22-25H2,1-3H3,(H,41,45)/t26-,27-,35+/m0/s1. The molecule has 2 N–H and O–H groups in total. The third-order valence-corrected chi connectivity index (χ3v) is 9.43. The summed E-state index contributed by atoms with van der Waals surface area (Å²) in [7, 11) is 2.03. The second-order valence-electron chi connectivity index (χ2n) is 12.4. The van der Waals surface area contributed by atoms with Crippen molar-refractivity contribution >= 4 is 28.8 Å². The molecular weight excluding hydrogens is 637 g/mol. The number of ether oxygens (including phenoxy) is 2. The molecule has 1 aliphatic rings. The van der Waals surface area contributed by atoms with Crippen molar-refractivity contribution in [2.75, 3.05) is 32.1 Å². The Morgan fingerprint density at radius 1 is 1.04 bits per heavy atom. The van der Waals surface area contributed by atoms with E-state index in [0.29, 0.717) is 42.2 Å². The van der Waals surface area contributed by atoms with Gasteiger partial charge in [-0.15, -0.1) is 11.3 Å². The van der Waals surface area contributed by atoms with Crippen LogP contribution in [0.2, 0.25) is 0 Å². The van der Waals surface area contributed by atoms with Crippen LogP contribution in [0.4, 0.5) is 5.69 Å². The second-order valence-corrected chi connectivity index (χ2v) is 13.3. The third-order valence-electron chi connectivity index (χ3n) is 8.61. The number of fused-ring (bicyclic) bond motifs is 1. The predicted molar refractivity (Wildman–Crippen MR) is 192 cm³/mol. The van der Waals surface area contributed by atoms with Crippen LogP contribution < -0.4 is 14.8 Å². The molecule has 0 saturated heterocycles. The number of carbonyl (C=O) groups excluding carboxylic acids is 2. The summed E-state index contributed by atoms with van der Waals surface area (Å²) in [6.45, 7) is 5.34. The molecule has 0 spiro atoms.